The molecule has 0 unspecified atom stereocenters. The monoisotopic (exact) mass is 265 g/mol. The van der Waals surface area contributed by atoms with E-state index in [2.05, 4.69) is 10.3 Å². The van der Waals surface area contributed by atoms with E-state index in [0.29, 0.717) is 11.3 Å². The van der Waals surface area contributed by atoms with Crippen molar-refractivity contribution in [3.05, 3.63) is 39.6 Å². The van der Waals surface area contributed by atoms with Gasteiger partial charge < -0.3 is 11.1 Å². The molecule has 1 aromatic heterocycles. The summed E-state index contributed by atoms with van der Waals surface area (Å²) in [6.45, 7) is 4.45. The lowest BCUT2D eigenvalue weighted by atomic mass is 10.2. The number of aromatic nitrogens is 1. The number of benzene rings is 1. The fourth-order valence-corrected chi connectivity index (χ4v) is 2.45. The first-order valence-corrected chi connectivity index (χ1v) is 6.64. The molecule has 1 heterocycles. The van der Waals surface area contributed by atoms with E-state index >= 15 is 0 Å². The van der Waals surface area contributed by atoms with Crippen molar-refractivity contribution in [2.24, 2.45) is 0 Å². The maximum atomic E-state index is 13.2. The predicted octanol–water partition coefficient (Wildman–Crippen LogP) is 3.14. The first-order chi connectivity index (χ1) is 8.56. The number of nitrogens with one attached hydrogen (secondary N) is 1. The second-order valence-electron chi connectivity index (χ2n) is 4.25. The van der Waals surface area contributed by atoms with Gasteiger partial charge in [-0.3, -0.25) is 0 Å². The minimum Gasteiger partial charge on any atom is -0.397 e. The van der Waals surface area contributed by atoms with Gasteiger partial charge in [-0.2, -0.15) is 0 Å². The van der Waals surface area contributed by atoms with Crippen molar-refractivity contribution >= 4 is 22.7 Å². The Morgan fingerprint density at radius 1 is 1.39 bits per heavy atom. The Morgan fingerprint density at radius 3 is 2.83 bits per heavy atom. The van der Waals surface area contributed by atoms with Crippen molar-refractivity contribution in [3.8, 4) is 0 Å². The number of nitrogen functional groups attached to an aromatic ring is 1. The average Bonchev–Trinajstić information content (AvgIpc) is 2.71. The van der Waals surface area contributed by atoms with Gasteiger partial charge in [-0.25, -0.2) is 9.37 Å². The van der Waals surface area contributed by atoms with Crippen LogP contribution in [0.4, 0.5) is 15.8 Å². The largest absolute Gasteiger partial charge is 0.397 e. The molecule has 0 radical (unpaired) electrons. The highest BCUT2D eigenvalue weighted by Gasteiger charge is 2.05. The van der Waals surface area contributed by atoms with Gasteiger partial charge in [0.25, 0.3) is 0 Å². The van der Waals surface area contributed by atoms with Crippen LogP contribution in [-0.4, -0.2) is 11.5 Å². The van der Waals surface area contributed by atoms with E-state index in [1.54, 1.807) is 24.3 Å². The highest BCUT2D eigenvalue weighted by molar-refractivity contribution is 7.09. The van der Waals surface area contributed by atoms with E-state index in [9.17, 15) is 4.39 Å². The van der Waals surface area contributed by atoms with Gasteiger partial charge in [-0.15, -0.1) is 11.3 Å². The molecule has 0 amide bonds. The maximum absolute atomic E-state index is 13.2. The van der Waals surface area contributed by atoms with Crippen molar-refractivity contribution in [2.45, 2.75) is 20.3 Å². The number of rotatable bonds is 4. The van der Waals surface area contributed by atoms with Crippen LogP contribution in [0.2, 0.25) is 0 Å². The molecular weight excluding hydrogens is 249 g/mol. The fourth-order valence-electron chi connectivity index (χ4n) is 1.67. The molecule has 0 fully saturated rings. The van der Waals surface area contributed by atoms with Crippen molar-refractivity contribution < 1.29 is 4.39 Å². The van der Waals surface area contributed by atoms with Crippen molar-refractivity contribution in [2.75, 3.05) is 17.6 Å². The number of anilines is 2. The Morgan fingerprint density at radius 2 is 2.17 bits per heavy atom. The summed E-state index contributed by atoms with van der Waals surface area (Å²) >= 11 is 1.65. The van der Waals surface area contributed by atoms with Crippen molar-refractivity contribution in [1.29, 1.82) is 0 Å². The van der Waals surface area contributed by atoms with Gasteiger partial charge in [0.1, 0.15) is 5.82 Å². The van der Waals surface area contributed by atoms with E-state index in [0.717, 1.165) is 29.4 Å². The summed E-state index contributed by atoms with van der Waals surface area (Å²) in [5.41, 5.74) is 8.62. The van der Waals surface area contributed by atoms with Gasteiger partial charge in [0.15, 0.2) is 0 Å². The van der Waals surface area contributed by atoms with Crippen LogP contribution in [0, 0.1) is 19.7 Å². The molecular formula is C13H16FN3S. The molecule has 0 atom stereocenters. The summed E-state index contributed by atoms with van der Waals surface area (Å²) in [6.07, 6.45) is 0.842. The van der Waals surface area contributed by atoms with Crippen LogP contribution >= 0.6 is 11.3 Å². The van der Waals surface area contributed by atoms with Crippen molar-refractivity contribution in [3.63, 3.8) is 0 Å². The highest BCUT2D eigenvalue weighted by atomic mass is 32.1. The highest BCUT2D eigenvalue weighted by Crippen LogP contribution is 2.22. The molecule has 5 heteroatoms. The lowest BCUT2D eigenvalue weighted by Gasteiger charge is -2.10. The summed E-state index contributed by atoms with van der Waals surface area (Å²) < 4.78 is 13.2. The Labute approximate surface area is 110 Å². The molecule has 0 aliphatic heterocycles. The number of aryl methyl sites for hydroxylation is 2. The summed E-state index contributed by atoms with van der Waals surface area (Å²) in [5, 5.41) is 6.34. The Bertz CT molecular complexity index is 551. The number of hydrogen-bond acceptors (Lipinski definition) is 4. The molecule has 0 spiro atoms. The van der Waals surface area contributed by atoms with E-state index in [4.69, 9.17) is 5.73 Å². The van der Waals surface area contributed by atoms with Crippen LogP contribution in [0.25, 0.3) is 0 Å². The Balaban J connectivity index is 1.96. The average molecular weight is 265 g/mol. The standard InChI is InChI=1S/C13H16FN3S/c1-8-5-12(11(15)6-10(8)14)16-4-3-13-17-9(2)7-18-13/h5-7,16H,3-4,15H2,1-2H3. The number of nitrogens with zero attached hydrogens (tertiary/aromatic N) is 1. The number of nitrogens with two attached hydrogens (primary N) is 1. The zero-order valence-electron chi connectivity index (χ0n) is 10.5. The zero-order valence-corrected chi connectivity index (χ0v) is 11.3. The minimum absolute atomic E-state index is 0.270. The van der Waals surface area contributed by atoms with Crippen molar-refractivity contribution in [1.82, 2.24) is 4.98 Å². The predicted molar refractivity (Wildman–Crippen MR) is 74.6 cm³/mol. The summed E-state index contributed by atoms with van der Waals surface area (Å²) in [4.78, 5) is 4.38. The molecule has 3 N–H and O–H groups in total. The summed E-state index contributed by atoms with van der Waals surface area (Å²) in [6, 6.07) is 3.09. The third-order valence-electron chi connectivity index (χ3n) is 2.65. The second-order valence-corrected chi connectivity index (χ2v) is 5.19. The molecule has 2 aromatic rings. The van der Waals surface area contributed by atoms with E-state index in [1.165, 1.54) is 6.07 Å². The van der Waals surface area contributed by atoms with Gasteiger partial charge in [-0.05, 0) is 31.5 Å². The second kappa shape index (κ2) is 5.35. The Kier molecular flexibility index (Phi) is 3.81. The summed E-state index contributed by atoms with van der Waals surface area (Å²) in [5.74, 6) is -0.270. The van der Waals surface area contributed by atoms with Crippen LogP contribution in [0.3, 0.4) is 0 Å². The third kappa shape index (κ3) is 2.98. The molecule has 0 saturated heterocycles. The topological polar surface area (TPSA) is 50.9 Å². The van der Waals surface area contributed by atoms with Gasteiger partial charge in [-0.1, -0.05) is 0 Å². The normalized spacial score (nSPS) is 10.6. The number of hydrogen-bond donors (Lipinski definition) is 2. The fraction of sp³-hybridized carbons (Fsp3) is 0.308. The molecule has 0 aliphatic carbocycles. The molecule has 0 saturated carbocycles. The molecule has 3 nitrogen and oxygen atoms in total. The molecule has 2 rings (SSSR count). The first-order valence-electron chi connectivity index (χ1n) is 5.77. The van der Waals surface area contributed by atoms with Crippen LogP contribution in [0.1, 0.15) is 16.3 Å². The summed E-state index contributed by atoms with van der Waals surface area (Å²) in [7, 11) is 0. The van der Waals surface area contributed by atoms with E-state index < -0.39 is 0 Å². The van der Waals surface area contributed by atoms with Gasteiger partial charge in [0.2, 0.25) is 0 Å². The lowest BCUT2D eigenvalue weighted by molar-refractivity contribution is 0.619. The SMILES string of the molecule is Cc1csc(CCNc2cc(C)c(F)cc2N)n1. The van der Waals surface area contributed by atoms with Crippen LogP contribution in [0.15, 0.2) is 17.5 Å². The quantitative estimate of drug-likeness (QED) is 0.835. The first kappa shape index (κ1) is 12.8. The molecule has 0 bridgehead atoms. The van der Waals surface area contributed by atoms with Gasteiger partial charge >= 0.3 is 0 Å². The molecule has 0 aliphatic rings. The Hall–Kier alpha value is -1.62. The number of thiazole rings is 1. The van der Waals surface area contributed by atoms with Crippen LogP contribution < -0.4 is 11.1 Å². The maximum Gasteiger partial charge on any atom is 0.128 e. The van der Waals surface area contributed by atoms with E-state index in [1.807, 2.05) is 12.3 Å². The molecule has 1 aromatic carbocycles. The van der Waals surface area contributed by atoms with Gasteiger partial charge in [0, 0.05) is 24.0 Å². The lowest BCUT2D eigenvalue weighted by Crippen LogP contribution is -2.07. The molecule has 96 valence electrons. The van der Waals surface area contributed by atoms with Crippen LogP contribution in [0.5, 0.6) is 0 Å². The van der Waals surface area contributed by atoms with Crippen LogP contribution in [-0.2, 0) is 6.42 Å². The number of halogens is 1. The smallest absolute Gasteiger partial charge is 0.128 e. The third-order valence-corrected chi connectivity index (χ3v) is 3.68. The van der Waals surface area contributed by atoms with Gasteiger partial charge in [0.05, 0.1) is 16.4 Å². The minimum atomic E-state index is -0.270. The zero-order chi connectivity index (χ0) is 13.1. The molecule has 18 heavy (non-hydrogen) atoms. The van der Waals surface area contributed by atoms with E-state index in [-0.39, 0.29) is 5.82 Å².